The fourth-order valence-electron chi connectivity index (χ4n) is 0.802. The average molecular weight is 138 g/mol. The maximum absolute atomic E-state index is 3.42. The van der Waals surface area contributed by atoms with Crippen LogP contribution in [-0.4, -0.2) is 16.2 Å². The summed E-state index contributed by atoms with van der Waals surface area (Å²) in [7, 11) is 0.258. The van der Waals surface area contributed by atoms with E-state index in [9.17, 15) is 0 Å². The summed E-state index contributed by atoms with van der Waals surface area (Å²) < 4.78 is 0. The van der Waals surface area contributed by atoms with Crippen LogP contribution in [0.3, 0.4) is 0 Å². The van der Waals surface area contributed by atoms with Crippen molar-refractivity contribution >= 4 is 22.1 Å². The molecular weight excluding hydrogens is 126 g/mol. The molecule has 1 aliphatic rings. The number of hydrogen-bond donors (Lipinski definition) is 1. The molecule has 1 saturated heterocycles. The van der Waals surface area contributed by atoms with E-state index in [-0.39, 0.29) is 22.1 Å². The molecule has 0 aliphatic carbocycles. The summed E-state index contributed by atoms with van der Waals surface area (Å²) in [6, 6.07) is 1.53. The molecule has 0 unspecified atom stereocenters. The Kier molecular flexibility index (Phi) is 4.93. The van der Waals surface area contributed by atoms with Gasteiger partial charge in [-0.2, -0.15) is 0 Å². The highest BCUT2D eigenvalue weighted by Gasteiger charge is 1.94. The first kappa shape index (κ1) is 7.47. The van der Waals surface area contributed by atoms with Crippen LogP contribution in [0.15, 0.2) is 0 Å². The van der Waals surface area contributed by atoms with E-state index >= 15 is 0 Å². The van der Waals surface area contributed by atoms with E-state index in [1.54, 1.807) is 0 Å². The van der Waals surface area contributed by atoms with Crippen LogP contribution in [0.4, 0.5) is 0 Å². The van der Waals surface area contributed by atoms with Crippen LogP contribution in [0.1, 0.15) is 12.8 Å². The number of halogens is 1. The molecular formula is C4H12ClNSi. The molecule has 1 N–H and O–H groups in total. The summed E-state index contributed by atoms with van der Waals surface area (Å²) in [4.78, 5) is 3.42. The highest BCUT2D eigenvalue weighted by Crippen LogP contribution is 1.96. The van der Waals surface area contributed by atoms with Crippen LogP contribution in [-0.2, 0) is 0 Å². The normalized spacial score (nSPS) is 24.0. The molecule has 0 radical (unpaired) electrons. The minimum absolute atomic E-state index is 0. The molecule has 0 saturated carbocycles. The Morgan fingerprint density at radius 1 is 1.29 bits per heavy atom. The molecule has 1 aliphatic heterocycles. The first-order chi connectivity index (χ1) is 3.00. The molecule has 0 aromatic heterocycles. The summed E-state index contributed by atoms with van der Waals surface area (Å²) in [6.45, 7) is 1.31. The van der Waals surface area contributed by atoms with E-state index in [4.69, 9.17) is 0 Å². The third-order valence-electron chi connectivity index (χ3n) is 1.21. The zero-order chi connectivity index (χ0) is 4.24. The largest absolute Gasteiger partial charge is 0.342 e. The lowest BCUT2D eigenvalue weighted by atomic mass is 10.3. The summed E-state index contributed by atoms with van der Waals surface area (Å²) >= 11 is 0. The van der Waals surface area contributed by atoms with E-state index in [1.807, 2.05) is 0 Å². The van der Waals surface area contributed by atoms with Crippen molar-refractivity contribution in [2.45, 2.75) is 18.9 Å². The second-order valence-electron chi connectivity index (χ2n) is 1.81. The molecule has 0 amide bonds. The smallest absolute Gasteiger partial charge is 0.0916 e. The van der Waals surface area contributed by atoms with Gasteiger partial charge in [-0.1, -0.05) is 6.42 Å². The van der Waals surface area contributed by atoms with Gasteiger partial charge in [-0.3, -0.25) is 0 Å². The fraction of sp³-hybridized carbons (Fsp3) is 1.00. The van der Waals surface area contributed by atoms with Crippen molar-refractivity contribution < 1.29 is 0 Å². The monoisotopic (exact) mass is 137 g/mol. The standard InChI is InChI=1S/C4H11NSi.ClH/c1-2-4-6-5-3-1;/h5H,1-4,6H2;1H. The number of nitrogens with one attached hydrogen (secondary N) is 1. The van der Waals surface area contributed by atoms with Gasteiger partial charge in [-0.25, -0.2) is 0 Å². The molecule has 1 rings (SSSR count). The van der Waals surface area contributed by atoms with E-state index in [0.29, 0.717) is 0 Å². The molecule has 1 nitrogen and oxygen atoms in total. The van der Waals surface area contributed by atoms with Crippen molar-refractivity contribution in [1.82, 2.24) is 4.98 Å². The average Bonchev–Trinajstić information content (AvgIpc) is 1.72. The molecule has 0 aromatic rings. The second-order valence-corrected chi connectivity index (χ2v) is 3.52. The van der Waals surface area contributed by atoms with Crippen molar-refractivity contribution in [3.8, 4) is 0 Å². The number of rotatable bonds is 0. The quantitative estimate of drug-likeness (QED) is 0.474. The molecule has 1 fully saturated rings. The SMILES string of the molecule is C1CC[SiH2]NC1.Cl. The Bertz CT molecular complexity index is 27.2. The minimum Gasteiger partial charge on any atom is -0.342 e. The van der Waals surface area contributed by atoms with Crippen molar-refractivity contribution in [3.05, 3.63) is 0 Å². The highest BCUT2D eigenvalue weighted by atomic mass is 35.5. The lowest BCUT2D eigenvalue weighted by Gasteiger charge is -2.07. The molecule has 0 aromatic carbocycles. The van der Waals surface area contributed by atoms with Gasteiger partial charge >= 0.3 is 0 Å². The van der Waals surface area contributed by atoms with Crippen molar-refractivity contribution in [3.63, 3.8) is 0 Å². The van der Waals surface area contributed by atoms with E-state index < -0.39 is 0 Å². The summed E-state index contributed by atoms with van der Waals surface area (Å²) in [6.07, 6.45) is 2.92. The molecule has 0 bridgehead atoms. The van der Waals surface area contributed by atoms with Gasteiger partial charge in [0.05, 0.1) is 9.68 Å². The maximum atomic E-state index is 3.42. The molecule has 3 heteroatoms. The van der Waals surface area contributed by atoms with E-state index in [0.717, 1.165) is 0 Å². The van der Waals surface area contributed by atoms with Gasteiger partial charge in [0, 0.05) is 0 Å². The zero-order valence-electron chi connectivity index (χ0n) is 4.44. The van der Waals surface area contributed by atoms with Gasteiger partial charge in [0.25, 0.3) is 0 Å². The van der Waals surface area contributed by atoms with Crippen LogP contribution in [0.25, 0.3) is 0 Å². The van der Waals surface area contributed by atoms with Gasteiger partial charge in [-0.15, -0.1) is 12.4 Å². The van der Waals surface area contributed by atoms with Crippen LogP contribution in [0, 0.1) is 0 Å². The van der Waals surface area contributed by atoms with Crippen LogP contribution in [0.5, 0.6) is 0 Å². The van der Waals surface area contributed by atoms with Gasteiger partial charge in [0.15, 0.2) is 0 Å². The van der Waals surface area contributed by atoms with Gasteiger partial charge in [0.2, 0.25) is 0 Å². The van der Waals surface area contributed by atoms with Crippen LogP contribution < -0.4 is 4.98 Å². The predicted octanol–water partition coefficient (Wildman–Crippen LogP) is 0.294. The van der Waals surface area contributed by atoms with Gasteiger partial charge in [0.1, 0.15) is 0 Å². The van der Waals surface area contributed by atoms with Crippen LogP contribution >= 0.6 is 12.4 Å². The predicted molar refractivity (Wildman–Crippen MR) is 37.8 cm³/mol. The van der Waals surface area contributed by atoms with E-state index in [1.165, 1.54) is 25.4 Å². The molecule has 0 spiro atoms. The van der Waals surface area contributed by atoms with Crippen molar-refractivity contribution in [2.24, 2.45) is 0 Å². The summed E-state index contributed by atoms with van der Waals surface area (Å²) in [5, 5.41) is 0. The minimum atomic E-state index is 0. The molecule has 7 heavy (non-hydrogen) atoms. The third kappa shape index (κ3) is 3.09. The number of hydrogen-bond acceptors (Lipinski definition) is 1. The summed E-state index contributed by atoms with van der Waals surface area (Å²) in [5.41, 5.74) is 0. The van der Waals surface area contributed by atoms with Crippen molar-refractivity contribution in [1.29, 1.82) is 0 Å². The summed E-state index contributed by atoms with van der Waals surface area (Å²) in [5.74, 6) is 0. The Hall–Kier alpha value is 0.467. The maximum Gasteiger partial charge on any atom is 0.0916 e. The lowest BCUT2D eigenvalue weighted by Crippen LogP contribution is -2.24. The van der Waals surface area contributed by atoms with E-state index in [2.05, 4.69) is 4.98 Å². The van der Waals surface area contributed by atoms with Crippen LogP contribution in [0.2, 0.25) is 6.04 Å². The van der Waals surface area contributed by atoms with Gasteiger partial charge in [-0.05, 0) is 19.0 Å². The Balaban J connectivity index is 0.000000360. The van der Waals surface area contributed by atoms with Gasteiger partial charge < -0.3 is 4.98 Å². The molecule has 0 atom stereocenters. The van der Waals surface area contributed by atoms with Crippen molar-refractivity contribution in [2.75, 3.05) is 6.54 Å². The Morgan fingerprint density at radius 2 is 2.14 bits per heavy atom. The first-order valence-electron chi connectivity index (χ1n) is 2.71. The fourth-order valence-corrected chi connectivity index (χ4v) is 2.16. The Morgan fingerprint density at radius 3 is 2.29 bits per heavy atom. The topological polar surface area (TPSA) is 12.0 Å². The third-order valence-corrected chi connectivity index (χ3v) is 2.77. The lowest BCUT2D eigenvalue weighted by molar-refractivity contribution is 0.722. The second kappa shape index (κ2) is 4.62. The molecule has 1 heterocycles. The zero-order valence-corrected chi connectivity index (χ0v) is 6.67. The first-order valence-corrected chi connectivity index (χ1v) is 4.41. The Labute approximate surface area is 53.2 Å². The molecule has 44 valence electrons. The highest BCUT2D eigenvalue weighted by molar-refractivity contribution is 6.32.